The second-order valence-corrected chi connectivity index (χ2v) is 8.47. The Morgan fingerprint density at radius 2 is 1.97 bits per heavy atom. The first-order valence-corrected chi connectivity index (χ1v) is 11.2. The van der Waals surface area contributed by atoms with Crippen molar-refractivity contribution >= 4 is 45.5 Å². The fourth-order valence-corrected chi connectivity index (χ4v) is 4.58. The number of fused-ring (bicyclic) bond motifs is 2. The number of para-hydroxylation sites is 1. The standard InChI is InChI=1S/C24H20N4O3S/c1-14-20-16(27-28-23(29)19-11-5-13-32-19)8-3-10-18(20)31-22(14)24(30)26-17-9-2-6-15-7-4-12-25-21(15)17/h2,4-7,9,11-13H,3,8,10H2,1H3,(H,26,30)(H,28,29)/b27-16+. The van der Waals surface area contributed by atoms with Gasteiger partial charge in [0.25, 0.3) is 11.8 Å². The molecule has 3 heterocycles. The molecule has 0 radical (unpaired) electrons. The Bertz CT molecular complexity index is 1350. The normalized spacial score (nSPS) is 14.3. The molecule has 0 unspecified atom stereocenters. The molecule has 2 N–H and O–H groups in total. The molecule has 4 aromatic rings. The van der Waals surface area contributed by atoms with E-state index in [4.69, 9.17) is 4.42 Å². The maximum atomic E-state index is 13.1. The minimum absolute atomic E-state index is 0.248. The Labute approximate surface area is 188 Å². The van der Waals surface area contributed by atoms with Crippen molar-refractivity contribution in [2.75, 3.05) is 5.32 Å². The Morgan fingerprint density at radius 1 is 1.09 bits per heavy atom. The second kappa shape index (κ2) is 8.39. The zero-order chi connectivity index (χ0) is 22.1. The van der Waals surface area contributed by atoms with Gasteiger partial charge in [0.15, 0.2) is 5.76 Å². The molecule has 0 fully saturated rings. The smallest absolute Gasteiger partial charge is 0.291 e. The maximum Gasteiger partial charge on any atom is 0.291 e. The summed E-state index contributed by atoms with van der Waals surface area (Å²) in [4.78, 5) is 30.3. The summed E-state index contributed by atoms with van der Waals surface area (Å²) < 4.78 is 5.97. The van der Waals surface area contributed by atoms with Crippen LogP contribution in [0.3, 0.4) is 0 Å². The molecule has 8 heteroatoms. The average molecular weight is 445 g/mol. The largest absolute Gasteiger partial charge is 0.455 e. The van der Waals surface area contributed by atoms with Gasteiger partial charge in [-0.2, -0.15) is 5.10 Å². The lowest BCUT2D eigenvalue weighted by atomic mass is 9.93. The molecule has 2 amide bonds. The van der Waals surface area contributed by atoms with Crippen LogP contribution in [-0.4, -0.2) is 22.5 Å². The highest BCUT2D eigenvalue weighted by atomic mass is 32.1. The van der Waals surface area contributed by atoms with Crippen molar-refractivity contribution in [2.24, 2.45) is 5.10 Å². The number of aryl methyl sites for hydroxylation is 1. The Kier molecular flexibility index (Phi) is 5.28. The number of aromatic nitrogens is 1. The average Bonchev–Trinajstić information content (AvgIpc) is 3.47. The third kappa shape index (κ3) is 3.69. The summed E-state index contributed by atoms with van der Waals surface area (Å²) in [5.74, 6) is 0.389. The number of anilines is 1. The van der Waals surface area contributed by atoms with Crippen LogP contribution in [0.4, 0.5) is 5.69 Å². The number of nitrogens with zero attached hydrogens (tertiary/aromatic N) is 2. The number of furan rings is 1. The first-order chi connectivity index (χ1) is 15.6. The van der Waals surface area contributed by atoms with Crippen LogP contribution in [-0.2, 0) is 6.42 Å². The van der Waals surface area contributed by atoms with Gasteiger partial charge in [0.1, 0.15) is 5.76 Å². The van der Waals surface area contributed by atoms with Crippen LogP contribution in [0.5, 0.6) is 0 Å². The second-order valence-electron chi connectivity index (χ2n) is 7.52. The van der Waals surface area contributed by atoms with Crippen LogP contribution in [0.25, 0.3) is 10.9 Å². The topological polar surface area (TPSA) is 96.6 Å². The molecule has 0 aliphatic heterocycles. The van der Waals surface area contributed by atoms with Crippen LogP contribution >= 0.6 is 11.3 Å². The number of benzene rings is 1. The van der Waals surface area contributed by atoms with Crippen molar-refractivity contribution in [1.82, 2.24) is 10.4 Å². The lowest BCUT2D eigenvalue weighted by molar-refractivity contribution is 0.0957. The van der Waals surface area contributed by atoms with Gasteiger partial charge in [-0.05, 0) is 43.3 Å². The van der Waals surface area contributed by atoms with E-state index in [1.807, 2.05) is 48.7 Å². The molecule has 0 atom stereocenters. The number of carbonyl (C=O) groups is 2. The van der Waals surface area contributed by atoms with Gasteiger partial charge in [0, 0.05) is 29.1 Å². The van der Waals surface area contributed by atoms with E-state index >= 15 is 0 Å². The number of hydrogen-bond donors (Lipinski definition) is 2. The van der Waals surface area contributed by atoms with Crippen molar-refractivity contribution in [3.05, 3.63) is 81.6 Å². The summed E-state index contributed by atoms with van der Waals surface area (Å²) in [6, 6.07) is 13.0. The summed E-state index contributed by atoms with van der Waals surface area (Å²) in [5.41, 5.74) is 6.22. The molecule has 0 saturated heterocycles. The Hall–Kier alpha value is -3.78. The number of amides is 2. The molecule has 32 heavy (non-hydrogen) atoms. The van der Waals surface area contributed by atoms with Crippen LogP contribution < -0.4 is 10.7 Å². The fraction of sp³-hybridized carbons (Fsp3) is 0.167. The van der Waals surface area contributed by atoms with Gasteiger partial charge in [-0.3, -0.25) is 14.6 Å². The van der Waals surface area contributed by atoms with Crippen molar-refractivity contribution in [3.8, 4) is 0 Å². The highest BCUT2D eigenvalue weighted by molar-refractivity contribution is 7.12. The van der Waals surface area contributed by atoms with Crippen LogP contribution in [0.2, 0.25) is 0 Å². The molecule has 5 rings (SSSR count). The molecule has 7 nitrogen and oxygen atoms in total. The van der Waals surface area contributed by atoms with E-state index in [-0.39, 0.29) is 17.6 Å². The number of pyridine rings is 1. The number of rotatable bonds is 4. The lowest BCUT2D eigenvalue weighted by Gasteiger charge is -2.13. The Morgan fingerprint density at radius 3 is 2.81 bits per heavy atom. The summed E-state index contributed by atoms with van der Waals surface area (Å²) in [6.07, 6.45) is 3.95. The van der Waals surface area contributed by atoms with Gasteiger partial charge < -0.3 is 9.73 Å². The number of hydrazone groups is 1. The third-order valence-electron chi connectivity index (χ3n) is 5.45. The number of hydrogen-bond acceptors (Lipinski definition) is 6. The zero-order valence-electron chi connectivity index (χ0n) is 17.3. The van der Waals surface area contributed by atoms with E-state index in [2.05, 4.69) is 20.8 Å². The minimum Gasteiger partial charge on any atom is -0.455 e. The van der Waals surface area contributed by atoms with E-state index in [9.17, 15) is 9.59 Å². The SMILES string of the molecule is Cc1c(C(=O)Nc2cccc3cccnc23)oc2c1/C(=N/NC(=O)c1cccs1)CCC2. The Balaban J connectivity index is 1.42. The van der Waals surface area contributed by atoms with Crippen molar-refractivity contribution < 1.29 is 14.0 Å². The lowest BCUT2D eigenvalue weighted by Crippen LogP contribution is -2.21. The van der Waals surface area contributed by atoms with E-state index in [1.165, 1.54) is 11.3 Å². The molecule has 1 aliphatic carbocycles. The predicted octanol–water partition coefficient (Wildman–Crippen LogP) is 4.92. The summed E-state index contributed by atoms with van der Waals surface area (Å²) in [6.45, 7) is 1.85. The molecule has 1 aromatic carbocycles. The summed E-state index contributed by atoms with van der Waals surface area (Å²) in [7, 11) is 0. The van der Waals surface area contributed by atoms with Gasteiger partial charge in [-0.1, -0.05) is 24.3 Å². The van der Waals surface area contributed by atoms with Gasteiger partial charge in [-0.25, -0.2) is 5.43 Å². The molecule has 3 aromatic heterocycles. The van der Waals surface area contributed by atoms with E-state index in [0.717, 1.165) is 46.3 Å². The maximum absolute atomic E-state index is 13.1. The van der Waals surface area contributed by atoms with Crippen LogP contribution in [0.15, 0.2) is 63.6 Å². The van der Waals surface area contributed by atoms with Gasteiger partial charge in [0.2, 0.25) is 0 Å². The quantitative estimate of drug-likeness (QED) is 0.437. The first-order valence-electron chi connectivity index (χ1n) is 10.3. The molecule has 160 valence electrons. The fourth-order valence-electron chi connectivity index (χ4n) is 3.96. The predicted molar refractivity (Wildman–Crippen MR) is 124 cm³/mol. The van der Waals surface area contributed by atoms with Crippen LogP contribution in [0, 0.1) is 6.92 Å². The van der Waals surface area contributed by atoms with Crippen LogP contribution in [0.1, 0.15) is 50.0 Å². The molecule has 0 bridgehead atoms. The number of thiophene rings is 1. The van der Waals surface area contributed by atoms with Crippen molar-refractivity contribution in [1.29, 1.82) is 0 Å². The molecule has 1 aliphatic rings. The monoisotopic (exact) mass is 444 g/mol. The highest BCUT2D eigenvalue weighted by Crippen LogP contribution is 2.31. The molecule has 0 saturated carbocycles. The first kappa shape index (κ1) is 20.1. The molecular formula is C24H20N4O3S. The number of nitrogens with one attached hydrogen (secondary N) is 2. The minimum atomic E-state index is -0.336. The summed E-state index contributed by atoms with van der Waals surface area (Å²) in [5, 5.41) is 10.1. The van der Waals surface area contributed by atoms with Gasteiger partial charge >= 0.3 is 0 Å². The van der Waals surface area contributed by atoms with Crippen molar-refractivity contribution in [3.63, 3.8) is 0 Å². The highest BCUT2D eigenvalue weighted by Gasteiger charge is 2.28. The zero-order valence-corrected chi connectivity index (χ0v) is 18.2. The third-order valence-corrected chi connectivity index (χ3v) is 6.32. The molecule has 0 spiro atoms. The number of carbonyl (C=O) groups excluding carboxylic acids is 2. The van der Waals surface area contributed by atoms with Gasteiger partial charge in [0.05, 0.1) is 21.8 Å². The van der Waals surface area contributed by atoms with Crippen molar-refractivity contribution in [2.45, 2.75) is 26.2 Å². The molecular weight excluding hydrogens is 424 g/mol. The van der Waals surface area contributed by atoms with E-state index in [0.29, 0.717) is 17.0 Å². The van der Waals surface area contributed by atoms with E-state index in [1.54, 1.807) is 12.3 Å². The summed E-state index contributed by atoms with van der Waals surface area (Å²) >= 11 is 1.36. The van der Waals surface area contributed by atoms with Gasteiger partial charge in [-0.15, -0.1) is 11.3 Å². The van der Waals surface area contributed by atoms with E-state index < -0.39 is 0 Å².